The average molecular weight is 626 g/mol. The van der Waals surface area contributed by atoms with E-state index in [0.717, 1.165) is 6.42 Å². The van der Waals surface area contributed by atoms with Gasteiger partial charge in [-0.15, -0.1) is 0 Å². The fraction of sp³-hybridized carbons (Fsp3) is 0.739. The number of nitrogens with zero attached hydrogens (tertiary/aromatic N) is 2. The number of alkyl carbamates (subject to hydrolysis) is 1. The van der Waals surface area contributed by atoms with Crippen molar-refractivity contribution in [2.45, 2.75) is 85.2 Å². The third kappa shape index (κ3) is 8.45. The van der Waals surface area contributed by atoms with Gasteiger partial charge < -0.3 is 24.0 Å². The molecule has 1 heterocycles. The maximum Gasteiger partial charge on any atom is 0.407 e. The molecule has 0 bridgehead atoms. The monoisotopic (exact) mass is 625 g/mol. The van der Waals surface area contributed by atoms with E-state index in [1.54, 1.807) is 27.7 Å². The molecule has 200 valence electrons. The van der Waals surface area contributed by atoms with Crippen LogP contribution in [0, 0.1) is 3.70 Å². The van der Waals surface area contributed by atoms with Gasteiger partial charge in [-0.25, -0.2) is 19.1 Å². The van der Waals surface area contributed by atoms with Crippen molar-refractivity contribution in [2.24, 2.45) is 0 Å². The number of ether oxygens (including phenoxy) is 3. The molecule has 10 nitrogen and oxygen atoms in total. The zero-order valence-electron chi connectivity index (χ0n) is 22.3. The van der Waals surface area contributed by atoms with E-state index in [4.69, 9.17) is 18.6 Å². The molecule has 1 unspecified atom stereocenters. The van der Waals surface area contributed by atoms with Gasteiger partial charge in [-0.1, -0.05) is 27.2 Å². The summed E-state index contributed by atoms with van der Waals surface area (Å²) < 4.78 is 23.8. The number of rotatable bonds is 13. The highest BCUT2D eigenvalue weighted by molar-refractivity contribution is 14.1. The van der Waals surface area contributed by atoms with Gasteiger partial charge in [-0.3, -0.25) is 0 Å². The van der Waals surface area contributed by atoms with Crippen molar-refractivity contribution in [3.63, 3.8) is 0 Å². The quantitative estimate of drug-likeness (QED) is 0.142. The highest BCUT2D eigenvalue weighted by Crippen LogP contribution is 2.41. The second-order valence-corrected chi connectivity index (χ2v) is 15.1. The van der Waals surface area contributed by atoms with Gasteiger partial charge in [0.15, 0.2) is 14.0 Å². The molecule has 0 saturated carbocycles. The van der Waals surface area contributed by atoms with Gasteiger partial charge >= 0.3 is 18.0 Å². The Morgan fingerprint density at radius 1 is 1.09 bits per heavy atom. The number of hydrogen-bond donors (Lipinski definition) is 1. The molecule has 35 heavy (non-hydrogen) atoms. The van der Waals surface area contributed by atoms with E-state index in [1.165, 1.54) is 4.68 Å². The maximum absolute atomic E-state index is 13.0. The normalized spacial score (nSPS) is 12.9. The number of hydrogen-bond acceptors (Lipinski definition) is 8. The van der Waals surface area contributed by atoms with Crippen LogP contribution in [0.15, 0.2) is 0 Å². The molecule has 0 saturated heterocycles. The van der Waals surface area contributed by atoms with Gasteiger partial charge in [0.05, 0.1) is 32.0 Å². The zero-order chi connectivity index (χ0) is 27.0. The first kappa shape index (κ1) is 31.4. The average Bonchev–Trinajstić information content (AvgIpc) is 3.10. The van der Waals surface area contributed by atoms with Gasteiger partial charge in [-0.2, -0.15) is 5.10 Å². The first-order chi connectivity index (χ1) is 16.2. The van der Waals surface area contributed by atoms with Gasteiger partial charge in [0.25, 0.3) is 0 Å². The summed E-state index contributed by atoms with van der Waals surface area (Å²) in [5.41, 5.74) is 0.00241. The number of aromatic nitrogens is 2. The molecule has 0 aromatic carbocycles. The Morgan fingerprint density at radius 3 is 2.17 bits per heavy atom. The molecule has 1 amide bonds. The molecule has 1 aromatic rings. The summed E-state index contributed by atoms with van der Waals surface area (Å²) in [5, 5.41) is 7.20. The Hall–Kier alpha value is -1.67. The van der Waals surface area contributed by atoms with Crippen LogP contribution in [-0.2, 0) is 18.6 Å². The second kappa shape index (κ2) is 13.6. The molecule has 0 fully saturated rings. The predicted octanol–water partition coefficient (Wildman–Crippen LogP) is 4.93. The Kier molecular flexibility index (Phi) is 12.2. The van der Waals surface area contributed by atoms with Gasteiger partial charge in [0.1, 0.15) is 9.26 Å². The van der Waals surface area contributed by atoms with E-state index in [-0.39, 0.29) is 48.8 Å². The minimum atomic E-state index is -2.20. The van der Waals surface area contributed by atoms with E-state index in [9.17, 15) is 14.4 Å². The SMILES string of the molecule is CCOC(=O)c1c(I)nn(C(CNC(=O)OC(C)C)CO[Si](C)(C)C(C)(C)CC)c1C(=O)OCC. The summed E-state index contributed by atoms with van der Waals surface area (Å²) in [6.45, 7) is 18.1. The fourth-order valence-corrected chi connectivity index (χ4v) is 5.61. The molecule has 0 radical (unpaired) electrons. The molecular formula is C23H40IN3O7Si. The summed E-state index contributed by atoms with van der Waals surface area (Å²) in [5.74, 6) is -1.37. The van der Waals surface area contributed by atoms with E-state index in [0.29, 0.717) is 3.70 Å². The third-order valence-electron chi connectivity index (χ3n) is 6.14. The highest BCUT2D eigenvalue weighted by atomic mass is 127. The smallest absolute Gasteiger partial charge is 0.407 e. The van der Waals surface area contributed by atoms with Crippen LogP contribution in [0.3, 0.4) is 0 Å². The number of esters is 2. The topological polar surface area (TPSA) is 118 Å². The van der Waals surface area contributed by atoms with Gasteiger partial charge in [-0.05, 0) is 68.4 Å². The van der Waals surface area contributed by atoms with E-state index >= 15 is 0 Å². The first-order valence-corrected chi connectivity index (χ1v) is 15.9. The molecule has 0 aliphatic rings. The van der Waals surface area contributed by atoms with Crippen LogP contribution < -0.4 is 5.32 Å². The van der Waals surface area contributed by atoms with Crippen LogP contribution in [0.4, 0.5) is 4.79 Å². The van der Waals surface area contributed by atoms with Crippen molar-refractivity contribution < 1.29 is 33.0 Å². The van der Waals surface area contributed by atoms with Crippen molar-refractivity contribution in [1.29, 1.82) is 0 Å². The van der Waals surface area contributed by atoms with E-state index in [2.05, 4.69) is 44.3 Å². The minimum absolute atomic E-state index is 0.0137. The van der Waals surface area contributed by atoms with Crippen LogP contribution in [-0.4, -0.2) is 68.6 Å². The Bertz CT molecular complexity index is 887. The highest BCUT2D eigenvalue weighted by Gasteiger charge is 2.41. The van der Waals surface area contributed by atoms with Crippen LogP contribution in [0.2, 0.25) is 18.1 Å². The Labute approximate surface area is 223 Å². The van der Waals surface area contributed by atoms with Crippen molar-refractivity contribution in [3.05, 3.63) is 15.0 Å². The third-order valence-corrected chi connectivity index (χ3v) is 11.4. The Balaban J connectivity index is 3.49. The lowest BCUT2D eigenvalue weighted by Gasteiger charge is -2.39. The first-order valence-electron chi connectivity index (χ1n) is 11.9. The Morgan fingerprint density at radius 2 is 1.66 bits per heavy atom. The molecule has 1 rings (SSSR count). The lowest BCUT2D eigenvalue weighted by Crippen LogP contribution is -2.45. The van der Waals surface area contributed by atoms with Crippen LogP contribution in [0.1, 0.15) is 81.8 Å². The zero-order valence-corrected chi connectivity index (χ0v) is 25.5. The van der Waals surface area contributed by atoms with Crippen molar-refractivity contribution in [1.82, 2.24) is 15.1 Å². The molecule has 1 N–H and O–H groups in total. The van der Waals surface area contributed by atoms with Crippen molar-refractivity contribution in [2.75, 3.05) is 26.4 Å². The van der Waals surface area contributed by atoms with Crippen molar-refractivity contribution in [3.8, 4) is 0 Å². The number of amides is 1. The summed E-state index contributed by atoms with van der Waals surface area (Å²) >= 11 is 1.89. The van der Waals surface area contributed by atoms with Gasteiger partial charge in [0.2, 0.25) is 0 Å². The van der Waals surface area contributed by atoms with Crippen LogP contribution >= 0.6 is 22.6 Å². The number of carbonyl (C=O) groups excluding carboxylic acids is 3. The lowest BCUT2D eigenvalue weighted by atomic mass is 10.1. The number of nitrogens with one attached hydrogen (secondary N) is 1. The van der Waals surface area contributed by atoms with Gasteiger partial charge in [0, 0.05) is 6.54 Å². The minimum Gasteiger partial charge on any atom is -0.462 e. The van der Waals surface area contributed by atoms with Crippen molar-refractivity contribution >= 4 is 48.9 Å². The molecule has 1 atom stereocenters. The molecule has 0 aliphatic heterocycles. The summed E-state index contributed by atoms with van der Waals surface area (Å²) in [6, 6.07) is -0.606. The molecule has 1 aromatic heterocycles. The molecular weight excluding hydrogens is 585 g/mol. The molecule has 0 spiro atoms. The number of carbonyl (C=O) groups is 3. The van der Waals surface area contributed by atoms with E-state index < -0.39 is 32.4 Å². The largest absolute Gasteiger partial charge is 0.462 e. The summed E-state index contributed by atoms with van der Waals surface area (Å²) in [6.07, 6.45) is 0.0504. The summed E-state index contributed by atoms with van der Waals surface area (Å²) in [7, 11) is -2.20. The maximum atomic E-state index is 13.0. The second-order valence-electron chi connectivity index (χ2n) is 9.45. The molecule has 12 heteroatoms. The van der Waals surface area contributed by atoms with Crippen LogP contribution in [0.25, 0.3) is 0 Å². The lowest BCUT2D eigenvalue weighted by molar-refractivity contribution is 0.0464. The number of halogens is 1. The fourth-order valence-electron chi connectivity index (χ4n) is 3.05. The standard InChI is InChI=1S/C23H40IN3O7Si/c1-10-23(6,7)35(8,9)33-14-16(13-25-22(30)34-15(4)5)27-18(21(29)32-12-3)17(19(24)26-27)20(28)31-11-2/h15-16H,10-14H2,1-9H3,(H,25,30). The van der Waals surface area contributed by atoms with E-state index in [1.807, 2.05) is 22.6 Å². The summed E-state index contributed by atoms with van der Waals surface area (Å²) in [4.78, 5) is 37.9. The predicted molar refractivity (Wildman–Crippen MR) is 143 cm³/mol. The van der Waals surface area contributed by atoms with Crippen LogP contribution in [0.5, 0.6) is 0 Å². The molecule has 0 aliphatic carbocycles.